The summed E-state index contributed by atoms with van der Waals surface area (Å²) in [6.45, 7) is 2.50. The minimum atomic E-state index is -0.109. The highest BCUT2D eigenvalue weighted by Crippen LogP contribution is 2.11. The van der Waals surface area contributed by atoms with E-state index in [1.54, 1.807) is 12.1 Å². The minimum absolute atomic E-state index is 0. The Morgan fingerprint density at radius 2 is 1.63 bits per heavy atom. The number of benzene rings is 2. The van der Waals surface area contributed by atoms with Crippen molar-refractivity contribution in [2.75, 3.05) is 5.32 Å². The van der Waals surface area contributed by atoms with Crippen LogP contribution < -0.4 is 11.1 Å². The van der Waals surface area contributed by atoms with Crippen molar-refractivity contribution in [2.45, 2.75) is 13.5 Å². The molecule has 2 aromatic carbocycles. The van der Waals surface area contributed by atoms with E-state index in [0.717, 1.165) is 11.3 Å². The number of hydrogen-bond acceptors (Lipinski definition) is 2. The highest BCUT2D eigenvalue weighted by molar-refractivity contribution is 6.04. The second kappa shape index (κ2) is 6.92. The molecule has 0 unspecified atom stereocenters. The van der Waals surface area contributed by atoms with Crippen LogP contribution in [0.2, 0.25) is 0 Å². The number of carbonyl (C=O) groups excluding carboxylic acids is 1. The van der Waals surface area contributed by atoms with Crippen molar-refractivity contribution in [3.63, 3.8) is 0 Å². The smallest absolute Gasteiger partial charge is 0.255 e. The van der Waals surface area contributed by atoms with Crippen molar-refractivity contribution >= 4 is 24.0 Å². The molecule has 0 fully saturated rings. The van der Waals surface area contributed by atoms with Crippen LogP contribution in [0.25, 0.3) is 0 Å². The third kappa shape index (κ3) is 4.09. The summed E-state index contributed by atoms with van der Waals surface area (Å²) >= 11 is 0. The largest absolute Gasteiger partial charge is 0.326 e. The predicted octanol–water partition coefficient (Wildman–Crippen LogP) is 3.13. The zero-order chi connectivity index (χ0) is 13.0. The summed E-state index contributed by atoms with van der Waals surface area (Å²) in [4.78, 5) is 12.0. The quantitative estimate of drug-likeness (QED) is 0.905. The van der Waals surface area contributed by atoms with Crippen LogP contribution in [0.4, 0.5) is 5.69 Å². The highest BCUT2D eigenvalue weighted by atomic mass is 35.5. The molecule has 0 atom stereocenters. The van der Waals surface area contributed by atoms with E-state index in [-0.39, 0.29) is 18.3 Å². The first-order valence-corrected chi connectivity index (χ1v) is 5.86. The molecule has 3 N–H and O–H groups in total. The third-order valence-corrected chi connectivity index (χ3v) is 2.76. The number of nitrogens with two attached hydrogens (primary N) is 1. The van der Waals surface area contributed by atoms with Gasteiger partial charge in [-0.05, 0) is 36.8 Å². The minimum Gasteiger partial charge on any atom is -0.326 e. The number of anilines is 1. The van der Waals surface area contributed by atoms with Gasteiger partial charge in [0.25, 0.3) is 5.91 Å². The van der Waals surface area contributed by atoms with Gasteiger partial charge in [-0.3, -0.25) is 4.79 Å². The number of amides is 1. The maximum absolute atomic E-state index is 12.0. The first-order chi connectivity index (χ1) is 8.69. The second-order valence-corrected chi connectivity index (χ2v) is 4.22. The molecule has 0 saturated carbocycles. The van der Waals surface area contributed by atoms with E-state index in [1.165, 1.54) is 5.56 Å². The lowest BCUT2D eigenvalue weighted by atomic mass is 10.1. The summed E-state index contributed by atoms with van der Waals surface area (Å²) in [5, 5.41) is 2.85. The number of nitrogens with one attached hydrogen (secondary N) is 1. The molecule has 0 bridgehead atoms. The van der Waals surface area contributed by atoms with Crippen molar-refractivity contribution in [1.29, 1.82) is 0 Å². The van der Waals surface area contributed by atoms with Crippen LogP contribution in [-0.4, -0.2) is 5.91 Å². The van der Waals surface area contributed by atoms with Gasteiger partial charge in [0.15, 0.2) is 0 Å². The molecule has 3 nitrogen and oxygen atoms in total. The number of hydrogen-bond donors (Lipinski definition) is 2. The molecule has 0 aromatic heterocycles. The van der Waals surface area contributed by atoms with Gasteiger partial charge in [-0.15, -0.1) is 12.4 Å². The van der Waals surface area contributed by atoms with Crippen LogP contribution in [0.1, 0.15) is 21.5 Å². The Morgan fingerprint density at radius 3 is 2.16 bits per heavy atom. The molecular weight excluding hydrogens is 260 g/mol. The van der Waals surface area contributed by atoms with Crippen molar-refractivity contribution in [3.05, 3.63) is 65.2 Å². The van der Waals surface area contributed by atoms with Gasteiger partial charge >= 0.3 is 0 Å². The second-order valence-electron chi connectivity index (χ2n) is 4.22. The maximum Gasteiger partial charge on any atom is 0.255 e. The predicted molar refractivity (Wildman–Crippen MR) is 80.7 cm³/mol. The fourth-order valence-corrected chi connectivity index (χ4v) is 1.63. The van der Waals surface area contributed by atoms with E-state index in [2.05, 4.69) is 5.32 Å². The zero-order valence-electron chi connectivity index (χ0n) is 10.7. The van der Waals surface area contributed by atoms with Crippen LogP contribution in [0, 0.1) is 6.92 Å². The molecule has 4 heteroatoms. The van der Waals surface area contributed by atoms with E-state index >= 15 is 0 Å². The lowest BCUT2D eigenvalue weighted by Gasteiger charge is -2.06. The van der Waals surface area contributed by atoms with Gasteiger partial charge in [-0.2, -0.15) is 0 Å². The van der Waals surface area contributed by atoms with E-state index in [1.807, 2.05) is 43.3 Å². The van der Waals surface area contributed by atoms with E-state index in [9.17, 15) is 4.79 Å². The molecule has 1 amide bonds. The molecule has 0 radical (unpaired) electrons. The summed E-state index contributed by atoms with van der Waals surface area (Å²) in [5.74, 6) is -0.109. The highest BCUT2D eigenvalue weighted by Gasteiger charge is 2.05. The number of aryl methyl sites for hydroxylation is 1. The van der Waals surface area contributed by atoms with Crippen LogP contribution in [0.5, 0.6) is 0 Å². The summed E-state index contributed by atoms with van der Waals surface area (Å²) in [7, 11) is 0. The van der Waals surface area contributed by atoms with E-state index in [4.69, 9.17) is 5.73 Å². The monoisotopic (exact) mass is 276 g/mol. The number of carbonyl (C=O) groups is 1. The Kier molecular flexibility index (Phi) is 5.55. The Bertz CT molecular complexity index is 535. The number of rotatable bonds is 3. The molecule has 19 heavy (non-hydrogen) atoms. The van der Waals surface area contributed by atoms with E-state index < -0.39 is 0 Å². The average molecular weight is 277 g/mol. The standard InChI is InChI=1S/C15H16N2O.ClH/c1-11-2-8-14(9-3-11)17-15(18)13-6-4-12(10-16)5-7-13;/h2-9H,10,16H2,1H3,(H,17,18);1H. The molecule has 0 heterocycles. The van der Waals surface area contributed by atoms with Crippen LogP contribution in [0.15, 0.2) is 48.5 Å². The summed E-state index contributed by atoms with van der Waals surface area (Å²) < 4.78 is 0. The average Bonchev–Trinajstić information content (AvgIpc) is 2.41. The van der Waals surface area contributed by atoms with Gasteiger partial charge in [0, 0.05) is 17.8 Å². The Morgan fingerprint density at radius 1 is 1.05 bits per heavy atom. The van der Waals surface area contributed by atoms with Crippen molar-refractivity contribution in [1.82, 2.24) is 0 Å². The Hall–Kier alpha value is -1.84. The Labute approximate surface area is 119 Å². The van der Waals surface area contributed by atoms with E-state index in [0.29, 0.717) is 12.1 Å². The van der Waals surface area contributed by atoms with Crippen molar-refractivity contribution < 1.29 is 4.79 Å². The fourth-order valence-electron chi connectivity index (χ4n) is 1.63. The lowest BCUT2D eigenvalue weighted by molar-refractivity contribution is 0.102. The fraction of sp³-hybridized carbons (Fsp3) is 0.133. The maximum atomic E-state index is 12.0. The van der Waals surface area contributed by atoms with Gasteiger partial charge in [-0.1, -0.05) is 29.8 Å². The first kappa shape index (κ1) is 15.2. The third-order valence-electron chi connectivity index (χ3n) is 2.76. The summed E-state index contributed by atoms with van der Waals surface area (Å²) in [6, 6.07) is 15.0. The van der Waals surface area contributed by atoms with Gasteiger partial charge < -0.3 is 11.1 Å². The van der Waals surface area contributed by atoms with Crippen molar-refractivity contribution in [2.24, 2.45) is 5.73 Å². The molecule has 2 aromatic rings. The van der Waals surface area contributed by atoms with Gasteiger partial charge in [0.1, 0.15) is 0 Å². The SMILES string of the molecule is Cc1ccc(NC(=O)c2ccc(CN)cc2)cc1.Cl. The van der Waals surface area contributed by atoms with Crippen LogP contribution in [-0.2, 0) is 6.54 Å². The molecule has 0 aliphatic rings. The van der Waals surface area contributed by atoms with Crippen LogP contribution in [0.3, 0.4) is 0 Å². The molecule has 100 valence electrons. The molecule has 0 spiro atoms. The van der Waals surface area contributed by atoms with Gasteiger partial charge in [-0.25, -0.2) is 0 Å². The first-order valence-electron chi connectivity index (χ1n) is 5.86. The summed E-state index contributed by atoms with van der Waals surface area (Å²) in [5.41, 5.74) is 9.13. The van der Waals surface area contributed by atoms with Crippen LogP contribution >= 0.6 is 12.4 Å². The van der Waals surface area contributed by atoms with Crippen molar-refractivity contribution in [3.8, 4) is 0 Å². The molecular formula is C15H17ClN2O. The normalized spacial score (nSPS) is 9.58. The molecule has 0 aliphatic heterocycles. The molecule has 0 aliphatic carbocycles. The lowest BCUT2D eigenvalue weighted by Crippen LogP contribution is -2.11. The van der Waals surface area contributed by atoms with Gasteiger partial charge in [0.05, 0.1) is 0 Å². The molecule has 2 rings (SSSR count). The summed E-state index contributed by atoms with van der Waals surface area (Å²) in [6.07, 6.45) is 0. The molecule has 0 saturated heterocycles. The topological polar surface area (TPSA) is 55.1 Å². The number of halogens is 1. The van der Waals surface area contributed by atoms with Gasteiger partial charge in [0.2, 0.25) is 0 Å². The Balaban J connectivity index is 0.00000180. The zero-order valence-corrected chi connectivity index (χ0v) is 11.5.